The van der Waals surface area contributed by atoms with Gasteiger partial charge in [-0.15, -0.1) is 13.2 Å². The Kier molecular flexibility index (Phi) is 19.4. The lowest BCUT2D eigenvalue weighted by molar-refractivity contribution is -0.147. The van der Waals surface area contributed by atoms with Crippen molar-refractivity contribution in [2.75, 3.05) is 19.8 Å². The highest BCUT2D eigenvalue weighted by atomic mass is 16.6. The van der Waals surface area contributed by atoms with Crippen molar-refractivity contribution >= 4 is 23.9 Å². The van der Waals surface area contributed by atoms with Gasteiger partial charge in [0, 0.05) is 12.3 Å². The van der Waals surface area contributed by atoms with E-state index in [1.807, 2.05) is 146 Å². The zero-order chi connectivity index (χ0) is 50.5. The van der Waals surface area contributed by atoms with Gasteiger partial charge in [0.2, 0.25) is 11.8 Å². The van der Waals surface area contributed by atoms with Crippen LogP contribution in [-0.4, -0.2) is 66.9 Å². The first-order valence-electron chi connectivity index (χ1n) is 24.4. The Morgan fingerprint density at radius 3 is 1.64 bits per heavy atom. The van der Waals surface area contributed by atoms with Crippen molar-refractivity contribution in [1.29, 1.82) is 0 Å². The Morgan fingerprint density at radius 1 is 0.583 bits per heavy atom. The minimum absolute atomic E-state index is 0.0668. The van der Waals surface area contributed by atoms with Gasteiger partial charge in [0.25, 0.3) is 0 Å². The first-order valence-corrected chi connectivity index (χ1v) is 24.4. The van der Waals surface area contributed by atoms with Gasteiger partial charge in [-0.3, -0.25) is 9.59 Å². The van der Waals surface area contributed by atoms with Crippen molar-refractivity contribution in [3.8, 4) is 22.6 Å². The summed E-state index contributed by atoms with van der Waals surface area (Å²) in [6.45, 7) is 7.95. The van der Waals surface area contributed by atoms with E-state index in [1.54, 1.807) is 12.2 Å². The highest BCUT2D eigenvalue weighted by molar-refractivity contribution is 5.86. The van der Waals surface area contributed by atoms with Gasteiger partial charge in [-0.1, -0.05) is 146 Å². The summed E-state index contributed by atoms with van der Waals surface area (Å²) >= 11 is 0. The molecule has 0 aromatic heterocycles. The fourth-order valence-corrected chi connectivity index (χ4v) is 8.72. The standard InChI is InChI=1S/C60H63N3O9/c1-3-5-25-56(63-60(68)72-41-55-53-23-14-12-21-51(53)52-22-13-15-24-54(52)55)59(67)71-40-48(35-43-28-32-50(33-29-43)70-39-45-19-10-7-11-20-45)62-58(66)46(16-4-2)36-57(65)61-47(37-64)34-42-26-30-49(31-27-42)69-38-44-17-8-6-9-18-44/h3-4,6-15,17-24,26-33,46-48,55-56,64H,1-2,5,16,25,34-41H2,(H,61,65)(H,62,66)(H,63,68)/t46-,47+,48+,56+/m1/s1. The molecule has 6 aromatic rings. The van der Waals surface area contributed by atoms with Gasteiger partial charge in [-0.05, 0) is 101 Å². The van der Waals surface area contributed by atoms with E-state index in [9.17, 15) is 24.3 Å². The summed E-state index contributed by atoms with van der Waals surface area (Å²) in [4.78, 5) is 54.9. The molecule has 1 aliphatic rings. The maximum absolute atomic E-state index is 14.1. The molecule has 4 atom stereocenters. The molecule has 12 nitrogen and oxygen atoms in total. The number of hydrogen-bond donors (Lipinski definition) is 4. The summed E-state index contributed by atoms with van der Waals surface area (Å²) in [5.41, 5.74) is 8.09. The molecule has 4 N–H and O–H groups in total. The van der Waals surface area contributed by atoms with Crippen LogP contribution in [0.4, 0.5) is 4.79 Å². The minimum Gasteiger partial charge on any atom is -0.489 e. The Morgan fingerprint density at radius 2 is 1.11 bits per heavy atom. The largest absolute Gasteiger partial charge is 0.489 e. The molecule has 0 fully saturated rings. The number of aliphatic hydroxyl groups excluding tert-OH is 1. The van der Waals surface area contributed by atoms with Crippen LogP contribution in [0.25, 0.3) is 11.1 Å². The van der Waals surface area contributed by atoms with Crippen LogP contribution in [0, 0.1) is 5.92 Å². The first kappa shape index (κ1) is 51.9. The number of aliphatic hydroxyl groups is 1. The first-order chi connectivity index (χ1) is 35.2. The van der Waals surface area contributed by atoms with E-state index >= 15 is 0 Å². The van der Waals surface area contributed by atoms with E-state index in [2.05, 4.69) is 41.2 Å². The summed E-state index contributed by atoms with van der Waals surface area (Å²) in [5, 5.41) is 18.9. The summed E-state index contributed by atoms with van der Waals surface area (Å²) in [6, 6.07) is 48.2. The SMILES string of the molecule is C=CCC[C@H](NC(=O)OCC1c2ccccc2-c2ccccc21)C(=O)OC[C@H](Cc1ccc(OCc2ccccc2)cc1)NC(=O)[C@H](CC=C)CC(=O)N[C@H](CO)Cc1ccc(OCc2ccccc2)cc1. The van der Waals surface area contributed by atoms with E-state index in [1.165, 1.54) is 0 Å². The van der Waals surface area contributed by atoms with Gasteiger partial charge in [0.1, 0.15) is 44.0 Å². The Labute approximate surface area is 422 Å². The zero-order valence-corrected chi connectivity index (χ0v) is 40.5. The molecule has 0 spiro atoms. The second-order valence-corrected chi connectivity index (χ2v) is 17.8. The van der Waals surface area contributed by atoms with Gasteiger partial charge in [0.05, 0.1) is 24.6 Å². The monoisotopic (exact) mass is 969 g/mol. The zero-order valence-electron chi connectivity index (χ0n) is 40.5. The number of fused-ring (bicyclic) bond motifs is 3. The third kappa shape index (κ3) is 15.3. The molecular formula is C60H63N3O9. The van der Waals surface area contributed by atoms with Crippen LogP contribution in [0.2, 0.25) is 0 Å². The van der Waals surface area contributed by atoms with Crippen LogP contribution < -0.4 is 25.4 Å². The highest BCUT2D eigenvalue weighted by Gasteiger charge is 2.31. The lowest BCUT2D eigenvalue weighted by Gasteiger charge is -2.24. The molecule has 0 aliphatic heterocycles. The van der Waals surface area contributed by atoms with Gasteiger partial charge >= 0.3 is 12.1 Å². The molecular weight excluding hydrogens is 907 g/mol. The maximum atomic E-state index is 14.1. The average Bonchev–Trinajstić information content (AvgIpc) is 3.73. The topological polar surface area (TPSA) is 162 Å². The fourth-order valence-electron chi connectivity index (χ4n) is 8.72. The average molecular weight is 970 g/mol. The summed E-state index contributed by atoms with van der Waals surface area (Å²) in [7, 11) is 0. The van der Waals surface area contributed by atoms with Crippen LogP contribution in [0.15, 0.2) is 183 Å². The molecule has 372 valence electrons. The molecule has 6 aromatic carbocycles. The predicted molar refractivity (Wildman–Crippen MR) is 278 cm³/mol. The molecule has 1 aliphatic carbocycles. The van der Waals surface area contributed by atoms with E-state index in [0.29, 0.717) is 37.6 Å². The number of carbonyl (C=O) groups is 4. The molecule has 0 heterocycles. The van der Waals surface area contributed by atoms with Gasteiger partial charge < -0.3 is 40.0 Å². The molecule has 0 radical (unpaired) electrons. The molecule has 0 unspecified atom stereocenters. The van der Waals surface area contributed by atoms with Crippen molar-refractivity contribution in [2.45, 2.75) is 75.8 Å². The number of esters is 1. The summed E-state index contributed by atoms with van der Waals surface area (Å²) < 4.78 is 23.6. The third-order valence-electron chi connectivity index (χ3n) is 12.5. The van der Waals surface area contributed by atoms with Crippen LogP contribution >= 0.6 is 0 Å². The predicted octanol–water partition coefficient (Wildman–Crippen LogP) is 9.59. The molecule has 0 bridgehead atoms. The van der Waals surface area contributed by atoms with Gasteiger partial charge in [-0.25, -0.2) is 9.59 Å². The summed E-state index contributed by atoms with van der Waals surface area (Å²) in [6.07, 6.45) is 3.67. The Balaban J connectivity index is 0.975. The van der Waals surface area contributed by atoms with Crippen molar-refractivity contribution in [3.63, 3.8) is 0 Å². The van der Waals surface area contributed by atoms with Crippen molar-refractivity contribution in [2.24, 2.45) is 5.92 Å². The number of hydrogen-bond acceptors (Lipinski definition) is 9. The van der Waals surface area contributed by atoms with Gasteiger partial charge in [-0.2, -0.15) is 0 Å². The number of carbonyl (C=O) groups excluding carboxylic acids is 4. The normalized spacial score (nSPS) is 13.2. The maximum Gasteiger partial charge on any atom is 0.407 e. The Hall–Kier alpha value is -7.96. The third-order valence-corrected chi connectivity index (χ3v) is 12.5. The van der Waals surface area contributed by atoms with Crippen LogP contribution in [0.5, 0.6) is 11.5 Å². The number of amides is 3. The van der Waals surface area contributed by atoms with E-state index in [-0.39, 0.29) is 51.4 Å². The smallest absolute Gasteiger partial charge is 0.407 e. The number of ether oxygens (including phenoxy) is 4. The second-order valence-electron chi connectivity index (χ2n) is 17.8. The highest BCUT2D eigenvalue weighted by Crippen LogP contribution is 2.44. The second kappa shape index (κ2) is 26.9. The van der Waals surface area contributed by atoms with Gasteiger partial charge in [0.15, 0.2) is 0 Å². The number of nitrogens with one attached hydrogen (secondary N) is 3. The summed E-state index contributed by atoms with van der Waals surface area (Å²) in [5.74, 6) is -1.22. The lowest BCUT2D eigenvalue weighted by atomic mass is 9.97. The number of alkyl carbamates (subject to hydrolysis) is 1. The van der Waals surface area contributed by atoms with Crippen molar-refractivity contribution in [1.82, 2.24) is 16.0 Å². The quantitative estimate of drug-likeness (QED) is 0.0291. The molecule has 72 heavy (non-hydrogen) atoms. The minimum atomic E-state index is -1.07. The Bertz CT molecular complexity index is 2670. The molecule has 3 amide bonds. The number of allylic oxidation sites excluding steroid dienone is 2. The fraction of sp³-hybridized carbons (Fsp3) is 0.267. The molecule has 0 saturated heterocycles. The van der Waals surface area contributed by atoms with Crippen LogP contribution in [-0.2, 0) is 49.9 Å². The van der Waals surface area contributed by atoms with Crippen LogP contribution in [0.3, 0.4) is 0 Å². The molecule has 7 rings (SSSR count). The molecule has 0 saturated carbocycles. The van der Waals surface area contributed by atoms with E-state index in [0.717, 1.165) is 44.5 Å². The van der Waals surface area contributed by atoms with Crippen LogP contribution in [0.1, 0.15) is 65.0 Å². The molecule has 12 heteroatoms. The number of benzene rings is 6. The lowest BCUT2D eigenvalue weighted by Crippen LogP contribution is -2.47. The van der Waals surface area contributed by atoms with Crippen molar-refractivity contribution < 1.29 is 43.2 Å². The van der Waals surface area contributed by atoms with Crippen molar-refractivity contribution in [3.05, 3.63) is 216 Å². The van der Waals surface area contributed by atoms with E-state index in [4.69, 9.17) is 18.9 Å². The van der Waals surface area contributed by atoms with E-state index < -0.39 is 47.9 Å². The number of rotatable bonds is 27.